The first-order valence-electron chi connectivity index (χ1n) is 8.73. The van der Waals surface area contributed by atoms with Gasteiger partial charge in [-0.3, -0.25) is 0 Å². The average Bonchev–Trinajstić information content (AvgIpc) is 2.76. The summed E-state index contributed by atoms with van der Waals surface area (Å²) >= 11 is 180. The molecule has 0 saturated heterocycles. The third-order valence-corrected chi connectivity index (χ3v) is 25.0. The fourth-order valence-corrected chi connectivity index (χ4v) is 11.5. The zero-order chi connectivity index (χ0) is 36.1. The van der Waals surface area contributed by atoms with Crippen LogP contribution >= 0.6 is 336 Å². The molecular formula is C14Cl29. The van der Waals surface area contributed by atoms with Crippen molar-refractivity contribution in [1.29, 1.82) is 0 Å². The fraction of sp³-hybridized carbons (Fsp3) is 0.929. The van der Waals surface area contributed by atoms with E-state index in [1.54, 1.807) is 0 Å². The van der Waals surface area contributed by atoms with Crippen molar-refractivity contribution in [2.45, 2.75) is 55.8 Å². The quantitative estimate of drug-likeness (QED) is 0.171. The van der Waals surface area contributed by atoms with E-state index in [4.69, 9.17) is 336 Å². The van der Waals surface area contributed by atoms with E-state index in [1.165, 1.54) is 0 Å². The lowest BCUT2D eigenvalue weighted by Crippen LogP contribution is -2.74. The van der Waals surface area contributed by atoms with Crippen LogP contribution in [0.5, 0.6) is 0 Å². The van der Waals surface area contributed by atoms with Crippen LogP contribution in [0.1, 0.15) is 0 Å². The second kappa shape index (κ2) is 15.4. The molecule has 0 atom stereocenters. The fourth-order valence-electron chi connectivity index (χ4n) is 2.27. The molecule has 29 heteroatoms. The smallest absolute Gasteiger partial charge is 0.0946 e. The minimum Gasteiger partial charge on any atom is -0.0946 e. The van der Waals surface area contributed by atoms with Crippen LogP contribution in [0.25, 0.3) is 0 Å². The van der Waals surface area contributed by atoms with Gasteiger partial charge in [-0.1, -0.05) is 336 Å². The maximum atomic E-state index is 6.44. The number of hydrogen-bond acceptors (Lipinski definition) is 0. The molecule has 43 heavy (non-hydrogen) atoms. The molecule has 0 aliphatic carbocycles. The lowest BCUT2D eigenvalue weighted by molar-refractivity contribution is 0.410. The summed E-state index contributed by atoms with van der Waals surface area (Å²) in [5.41, 5.74) is 0. The van der Waals surface area contributed by atoms with Crippen molar-refractivity contribution in [3.63, 3.8) is 0 Å². The zero-order valence-electron chi connectivity index (χ0n) is 18.0. The highest BCUT2D eigenvalue weighted by Crippen LogP contribution is 2.77. The normalized spacial score (nSPS) is 17.2. The Morgan fingerprint density at radius 1 is 0.209 bits per heavy atom. The van der Waals surface area contributed by atoms with Crippen molar-refractivity contribution in [3.8, 4) is 0 Å². The molecule has 0 bridgehead atoms. The lowest BCUT2D eigenvalue weighted by Gasteiger charge is -2.57. The lowest BCUT2D eigenvalue weighted by atomic mass is 9.98. The molecular weight excluding hydrogens is 1200 g/mol. The Morgan fingerprint density at radius 2 is 0.349 bits per heavy atom. The van der Waals surface area contributed by atoms with E-state index in [2.05, 4.69) is 0 Å². The maximum Gasteiger partial charge on any atom is 0.226 e. The molecule has 0 spiro atoms. The van der Waals surface area contributed by atoms with Crippen molar-refractivity contribution in [2.75, 3.05) is 0 Å². The first-order valence-corrected chi connectivity index (χ1v) is 19.7. The summed E-state index contributed by atoms with van der Waals surface area (Å²) in [6.07, 6.45) is 0. The van der Waals surface area contributed by atoms with Gasteiger partial charge in [0.05, 0.1) is 0 Å². The molecule has 0 aliphatic heterocycles. The van der Waals surface area contributed by atoms with Gasteiger partial charge in [0.15, 0.2) is 52.5 Å². The van der Waals surface area contributed by atoms with Gasteiger partial charge in [0.2, 0.25) is 8.13 Å². The van der Waals surface area contributed by atoms with Crippen LogP contribution in [0.15, 0.2) is 0 Å². The molecule has 0 unspecified atom stereocenters. The van der Waals surface area contributed by atoms with E-state index in [0.717, 1.165) is 0 Å². The van der Waals surface area contributed by atoms with Crippen molar-refractivity contribution in [3.05, 3.63) is 4.84 Å². The molecule has 0 N–H and O–H groups in total. The van der Waals surface area contributed by atoms with Gasteiger partial charge in [-0.2, -0.15) is 0 Å². The predicted octanol–water partition coefficient (Wildman–Crippen LogP) is 17.4. The largest absolute Gasteiger partial charge is 0.226 e. The van der Waals surface area contributed by atoms with Crippen molar-refractivity contribution in [2.24, 2.45) is 0 Å². The summed E-state index contributed by atoms with van der Waals surface area (Å²) in [6, 6.07) is 0. The van der Waals surface area contributed by atoms with Gasteiger partial charge in [-0.05, 0) is 0 Å². The van der Waals surface area contributed by atoms with E-state index in [1.807, 2.05) is 0 Å². The average molecular weight is 1200 g/mol. The second-order valence-electron chi connectivity index (χ2n) is 7.65. The van der Waals surface area contributed by atoms with Crippen molar-refractivity contribution in [1.82, 2.24) is 0 Å². The molecule has 0 aromatic heterocycles. The molecule has 0 aromatic carbocycles. The van der Waals surface area contributed by atoms with Gasteiger partial charge in [0.1, 0.15) is 0 Å². The minimum atomic E-state index is -3.48. The Morgan fingerprint density at radius 3 is 0.488 bits per heavy atom. The van der Waals surface area contributed by atoms with E-state index >= 15 is 0 Å². The van der Waals surface area contributed by atoms with Gasteiger partial charge in [-0.25, -0.2) is 0 Å². The molecule has 0 aromatic rings. The van der Waals surface area contributed by atoms with Crippen LogP contribution in [0.4, 0.5) is 0 Å². The van der Waals surface area contributed by atoms with Crippen LogP contribution in [0, 0.1) is 4.84 Å². The summed E-state index contributed by atoms with van der Waals surface area (Å²) < 4.78 is -42.0. The van der Waals surface area contributed by atoms with Crippen LogP contribution < -0.4 is 0 Å². The molecule has 0 amide bonds. The molecule has 259 valence electrons. The molecule has 0 aliphatic rings. The second-order valence-corrected chi connectivity index (χ2v) is 26.8. The third kappa shape index (κ3) is 7.88. The minimum absolute atomic E-state index is 0.942. The zero-order valence-corrected chi connectivity index (χ0v) is 39.9. The Bertz CT molecular complexity index is 1010. The Balaban J connectivity index is 7.47. The van der Waals surface area contributed by atoms with Gasteiger partial charge in [0, 0.05) is 0 Å². The summed E-state index contributed by atoms with van der Waals surface area (Å²) in [7, 11) is 0. The highest BCUT2D eigenvalue weighted by molar-refractivity contribution is 6.85. The molecule has 0 rings (SSSR count). The number of alkyl halides is 27. The molecule has 1 radical (unpaired) electrons. The first-order chi connectivity index (χ1) is 17.9. The third-order valence-electron chi connectivity index (χ3n) is 4.93. The monoisotopic (exact) mass is 1180 g/mol. The van der Waals surface area contributed by atoms with Crippen molar-refractivity contribution >= 4 is 336 Å². The summed E-state index contributed by atoms with van der Waals surface area (Å²) in [5.74, 6) is 0. The standard InChI is InChI=1S/C14Cl29/c15-1(16)2(17,18)3(19,20)4(21,22)5(23,24)6(25,26)7(27,28)8(29,30)9(31,32)10(33,34)11(35,36)12(37,38)13(39,40)14(41,42)43. The molecule has 0 saturated carbocycles. The van der Waals surface area contributed by atoms with E-state index in [0.29, 0.717) is 0 Å². The van der Waals surface area contributed by atoms with Crippen LogP contribution in [0.3, 0.4) is 0 Å². The molecule has 0 fully saturated rings. The van der Waals surface area contributed by atoms with Gasteiger partial charge in [-0.15, -0.1) is 0 Å². The maximum absolute atomic E-state index is 6.44. The molecule has 0 nitrogen and oxygen atoms in total. The van der Waals surface area contributed by atoms with E-state index in [-0.39, 0.29) is 0 Å². The highest BCUT2D eigenvalue weighted by Gasteiger charge is 2.86. The Kier molecular flexibility index (Phi) is 18.4. The number of rotatable bonds is 12. The van der Waals surface area contributed by atoms with Crippen LogP contribution in [-0.4, -0.2) is 55.8 Å². The summed E-state index contributed by atoms with van der Waals surface area (Å²) in [5, 5.41) is 0. The highest BCUT2D eigenvalue weighted by atomic mass is 35.6. The summed E-state index contributed by atoms with van der Waals surface area (Å²) in [6.45, 7) is 0. The number of halogens is 29. The van der Waals surface area contributed by atoms with Gasteiger partial charge < -0.3 is 0 Å². The first kappa shape index (κ1) is 51.4. The van der Waals surface area contributed by atoms with E-state index < -0.39 is 60.6 Å². The summed E-state index contributed by atoms with van der Waals surface area (Å²) in [4.78, 5) is -0.942. The Labute approximate surface area is 390 Å². The van der Waals surface area contributed by atoms with E-state index in [9.17, 15) is 0 Å². The Hall–Kier alpha value is 8.41. The number of hydrogen-bond donors (Lipinski definition) is 0. The van der Waals surface area contributed by atoms with Crippen LogP contribution in [0.2, 0.25) is 0 Å². The topological polar surface area (TPSA) is 0 Å². The molecule has 0 heterocycles. The van der Waals surface area contributed by atoms with Crippen LogP contribution in [-0.2, 0) is 0 Å². The SMILES string of the molecule is Cl[C](Cl)C(Cl)(Cl)C(Cl)(Cl)C(Cl)(Cl)C(Cl)(Cl)C(Cl)(Cl)C(Cl)(Cl)C(Cl)(Cl)C(Cl)(Cl)C(Cl)(Cl)C(Cl)(Cl)C(Cl)(Cl)C(Cl)(Cl)C(Cl)(Cl)Cl. The van der Waals surface area contributed by atoms with Crippen molar-refractivity contribution < 1.29 is 0 Å². The predicted molar refractivity (Wildman–Crippen MR) is 208 cm³/mol. The van der Waals surface area contributed by atoms with Gasteiger partial charge in [0.25, 0.3) is 0 Å². The van der Waals surface area contributed by atoms with Gasteiger partial charge >= 0.3 is 0 Å².